The van der Waals surface area contributed by atoms with Gasteiger partial charge in [0.15, 0.2) is 0 Å². The van der Waals surface area contributed by atoms with Gasteiger partial charge in [-0.1, -0.05) is 6.92 Å². The molecule has 0 radical (unpaired) electrons. The summed E-state index contributed by atoms with van der Waals surface area (Å²) in [6.45, 7) is 8.07. The fourth-order valence-corrected chi connectivity index (χ4v) is 3.71. The molecule has 0 aliphatic heterocycles. The lowest BCUT2D eigenvalue weighted by molar-refractivity contribution is 0.0487. The van der Waals surface area contributed by atoms with Crippen molar-refractivity contribution in [1.29, 1.82) is 0 Å². The van der Waals surface area contributed by atoms with Gasteiger partial charge in [-0.25, -0.2) is 4.79 Å². The van der Waals surface area contributed by atoms with Gasteiger partial charge in [-0.15, -0.1) is 0 Å². The third-order valence-electron chi connectivity index (χ3n) is 4.88. The first-order valence-corrected chi connectivity index (χ1v) is 9.07. The van der Waals surface area contributed by atoms with Gasteiger partial charge in [0, 0.05) is 18.1 Å². The lowest BCUT2D eigenvalue weighted by Crippen LogP contribution is -2.48. The molecule has 2 atom stereocenters. The smallest absolute Gasteiger partial charge is 0.407 e. The minimum absolute atomic E-state index is 0.253. The van der Waals surface area contributed by atoms with E-state index in [-0.39, 0.29) is 12.1 Å². The molecule has 0 heterocycles. The Morgan fingerprint density at radius 2 is 1.59 bits per heavy atom. The van der Waals surface area contributed by atoms with E-state index < -0.39 is 5.60 Å². The van der Waals surface area contributed by atoms with Gasteiger partial charge in [-0.2, -0.15) is 0 Å². The molecule has 4 nitrogen and oxygen atoms in total. The van der Waals surface area contributed by atoms with Crippen molar-refractivity contribution in [2.24, 2.45) is 5.92 Å². The Hall–Kier alpha value is -0.770. The van der Waals surface area contributed by atoms with E-state index >= 15 is 0 Å². The van der Waals surface area contributed by atoms with E-state index in [0.29, 0.717) is 12.1 Å². The molecule has 0 aromatic heterocycles. The Labute approximate surface area is 135 Å². The summed E-state index contributed by atoms with van der Waals surface area (Å²) in [5, 5.41) is 6.89. The molecular formula is C18H34N2O2. The average molecular weight is 310 g/mol. The zero-order chi connectivity index (χ0) is 16.2. The molecule has 2 aliphatic rings. The highest BCUT2D eigenvalue weighted by molar-refractivity contribution is 5.68. The maximum absolute atomic E-state index is 11.9. The summed E-state index contributed by atoms with van der Waals surface area (Å²) in [6, 6.07) is 1.48. The number of nitrogens with one attached hydrogen (secondary N) is 2. The van der Waals surface area contributed by atoms with Gasteiger partial charge in [0.05, 0.1) is 0 Å². The fraction of sp³-hybridized carbons (Fsp3) is 0.944. The highest BCUT2D eigenvalue weighted by Crippen LogP contribution is 2.26. The van der Waals surface area contributed by atoms with Crippen LogP contribution in [0.15, 0.2) is 0 Å². The molecule has 1 amide bonds. The van der Waals surface area contributed by atoms with Gasteiger partial charge < -0.3 is 15.4 Å². The topological polar surface area (TPSA) is 50.4 Å². The lowest BCUT2D eigenvalue weighted by Gasteiger charge is -2.35. The number of ether oxygens (including phenoxy) is 1. The first kappa shape index (κ1) is 17.6. The molecule has 0 saturated heterocycles. The quantitative estimate of drug-likeness (QED) is 0.828. The summed E-state index contributed by atoms with van der Waals surface area (Å²) in [7, 11) is 0. The summed E-state index contributed by atoms with van der Waals surface area (Å²) < 4.78 is 5.37. The maximum Gasteiger partial charge on any atom is 0.407 e. The van der Waals surface area contributed by atoms with Crippen LogP contribution in [0.5, 0.6) is 0 Å². The summed E-state index contributed by atoms with van der Waals surface area (Å²) in [5.41, 5.74) is -0.421. The second kappa shape index (κ2) is 7.67. The van der Waals surface area contributed by atoms with E-state index in [2.05, 4.69) is 17.6 Å². The first-order chi connectivity index (χ1) is 10.3. The van der Waals surface area contributed by atoms with Crippen molar-refractivity contribution in [3.05, 3.63) is 0 Å². The van der Waals surface area contributed by atoms with Crippen molar-refractivity contribution >= 4 is 6.09 Å². The van der Waals surface area contributed by atoms with Crippen molar-refractivity contribution < 1.29 is 9.53 Å². The van der Waals surface area contributed by atoms with Crippen molar-refractivity contribution in [3.63, 3.8) is 0 Å². The Bertz CT molecular complexity index is 357. The number of hydrogen-bond acceptors (Lipinski definition) is 3. The van der Waals surface area contributed by atoms with Crippen LogP contribution in [-0.2, 0) is 4.74 Å². The van der Waals surface area contributed by atoms with Gasteiger partial charge in [-0.3, -0.25) is 0 Å². The van der Waals surface area contributed by atoms with Crippen molar-refractivity contribution in [3.8, 4) is 0 Å². The molecule has 0 bridgehead atoms. The molecule has 2 N–H and O–H groups in total. The minimum atomic E-state index is -0.421. The number of hydrogen-bond donors (Lipinski definition) is 2. The van der Waals surface area contributed by atoms with E-state index in [1.54, 1.807) is 0 Å². The summed E-state index contributed by atoms with van der Waals surface area (Å²) >= 11 is 0. The monoisotopic (exact) mass is 310 g/mol. The van der Waals surface area contributed by atoms with Crippen LogP contribution < -0.4 is 10.6 Å². The van der Waals surface area contributed by atoms with Crippen LogP contribution in [0.3, 0.4) is 0 Å². The van der Waals surface area contributed by atoms with Crippen LogP contribution in [0.2, 0.25) is 0 Å². The Morgan fingerprint density at radius 3 is 2.23 bits per heavy atom. The highest BCUT2D eigenvalue weighted by Gasteiger charge is 2.27. The molecule has 128 valence electrons. The third kappa shape index (κ3) is 6.15. The molecule has 2 aliphatic carbocycles. The molecule has 0 spiro atoms. The normalized spacial score (nSPS) is 33.3. The molecule has 2 unspecified atom stereocenters. The predicted molar refractivity (Wildman–Crippen MR) is 90.0 cm³/mol. The second-order valence-corrected chi connectivity index (χ2v) is 8.33. The zero-order valence-electron chi connectivity index (χ0n) is 14.8. The van der Waals surface area contributed by atoms with E-state index in [4.69, 9.17) is 4.74 Å². The first-order valence-electron chi connectivity index (χ1n) is 9.07. The molecule has 0 aromatic carbocycles. The maximum atomic E-state index is 11.9. The van der Waals surface area contributed by atoms with Crippen LogP contribution in [0.25, 0.3) is 0 Å². The van der Waals surface area contributed by atoms with E-state index in [1.165, 1.54) is 38.5 Å². The fourth-order valence-electron chi connectivity index (χ4n) is 3.71. The van der Waals surface area contributed by atoms with Gasteiger partial charge in [-0.05, 0) is 78.1 Å². The third-order valence-corrected chi connectivity index (χ3v) is 4.88. The van der Waals surface area contributed by atoms with Gasteiger partial charge in [0.25, 0.3) is 0 Å². The Kier molecular flexibility index (Phi) is 6.13. The number of rotatable bonds is 3. The van der Waals surface area contributed by atoms with Gasteiger partial charge in [0.1, 0.15) is 5.60 Å². The zero-order valence-corrected chi connectivity index (χ0v) is 14.8. The molecule has 22 heavy (non-hydrogen) atoms. The summed E-state index contributed by atoms with van der Waals surface area (Å²) in [6.07, 6.45) is 9.56. The van der Waals surface area contributed by atoms with Gasteiger partial charge >= 0.3 is 6.09 Å². The van der Waals surface area contributed by atoms with E-state index in [9.17, 15) is 4.79 Å². The largest absolute Gasteiger partial charge is 0.444 e. The molecule has 2 fully saturated rings. The van der Waals surface area contributed by atoms with Crippen LogP contribution in [0.4, 0.5) is 4.79 Å². The number of alkyl carbamates (subject to hydrolysis) is 1. The van der Waals surface area contributed by atoms with Crippen LogP contribution in [-0.4, -0.2) is 29.8 Å². The minimum Gasteiger partial charge on any atom is -0.444 e. The number of carbonyl (C=O) groups is 1. The van der Waals surface area contributed by atoms with Crippen LogP contribution >= 0.6 is 0 Å². The molecule has 2 saturated carbocycles. The van der Waals surface area contributed by atoms with E-state index in [1.807, 2.05) is 20.8 Å². The number of amides is 1. The lowest BCUT2D eigenvalue weighted by atomic mass is 9.85. The Morgan fingerprint density at radius 1 is 0.955 bits per heavy atom. The second-order valence-electron chi connectivity index (χ2n) is 8.33. The molecule has 4 heteroatoms. The molecule has 0 aromatic rings. The SMILES string of the molecule is CC1CCC(NC2CCCC(NC(=O)OC(C)(C)C)C2)CC1. The van der Waals surface area contributed by atoms with Gasteiger partial charge in [0.2, 0.25) is 0 Å². The van der Waals surface area contributed by atoms with E-state index in [0.717, 1.165) is 18.8 Å². The van der Waals surface area contributed by atoms with Crippen LogP contribution in [0, 0.1) is 5.92 Å². The molecular weight excluding hydrogens is 276 g/mol. The van der Waals surface area contributed by atoms with Crippen molar-refractivity contribution in [1.82, 2.24) is 10.6 Å². The predicted octanol–water partition coefficient (Wildman–Crippen LogP) is 3.99. The Balaban J connectivity index is 1.73. The standard InChI is InChI=1S/C18H34N2O2/c1-13-8-10-14(11-9-13)19-15-6-5-7-16(12-15)20-17(21)22-18(2,3)4/h13-16,19H,5-12H2,1-4H3,(H,20,21). The van der Waals surface area contributed by atoms with Crippen molar-refractivity contribution in [2.75, 3.05) is 0 Å². The highest BCUT2D eigenvalue weighted by atomic mass is 16.6. The number of carbonyl (C=O) groups excluding carboxylic acids is 1. The summed E-state index contributed by atoms with van der Waals surface area (Å²) in [5.74, 6) is 0.894. The molecule has 2 rings (SSSR count). The van der Waals surface area contributed by atoms with Crippen LogP contribution in [0.1, 0.15) is 79.1 Å². The summed E-state index contributed by atoms with van der Waals surface area (Å²) in [4.78, 5) is 11.9. The van der Waals surface area contributed by atoms with Crippen molar-refractivity contribution in [2.45, 2.75) is 103 Å². The average Bonchev–Trinajstić information content (AvgIpc) is 2.39.